The van der Waals surface area contributed by atoms with Crippen LogP contribution in [0.1, 0.15) is 5.56 Å². The van der Waals surface area contributed by atoms with Crippen LogP contribution < -0.4 is 5.32 Å². The van der Waals surface area contributed by atoms with E-state index >= 15 is 0 Å². The lowest BCUT2D eigenvalue weighted by atomic mass is 10.2. The number of carboxylic acid groups (broad SMARTS) is 1. The second-order valence-electron chi connectivity index (χ2n) is 2.72. The largest absolute Gasteiger partial charge is 0.474 e. The van der Waals surface area contributed by atoms with E-state index in [1.54, 1.807) is 19.1 Å². The molecule has 0 atom stereocenters. The van der Waals surface area contributed by atoms with Crippen molar-refractivity contribution in [2.24, 2.45) is 0 Å². The van der Waals surface area contributed by atoms with Gasteiger partial charge in [0, 0.05) is 10.2 Å². The van der Waals surface area contributed by atoms with Gasteiger partial charge in [0.25, 0.3) is 0 Å². The standard InChI is InChI=1S/C9H8BrNO3/c1-5-2-3-6(10)4-7(5)11-8(12)9(13)14/h2-4H,1H3,(H,11,12)(H,13,14). The van der Waals surface area contributed by atoms with Crippen molar-refractivity contribution >= 4 is 33.5 Å². The maximum Gasteiger partial charge on any atom is 0.394 e. The van der Waals surface area contributed by atoms with Gasteiger partial charge in [0.15, 0.2) is 0 Å². The van der Waals surface area contributed by atoms with Gasteiger partial charge in [-0.3, -0.25) is 4.79 Å². The minimum atomic E-state index is -1.50. The second-order valence-corrected chi connectivity index (χ2v) is 3.63. The molecule has 5 heteroatoms. The van der Waals surface area contributed by atoms with Gasteiger partial charge in [0.1, 0.15) is 0 Å². The van der Waals surface area contributed by atoms with E-state index in [2.05, 4.69) is 21.2 Å². The molecule has 1 aromatic carbocycles. The van der Waals surface area contributed by atoms with Crippen LogP contribution in [0, 0.1) is 6.92 Å². The number of aliphatic carboxylic acids is 1. The molecule has 0 radical (unpaired) electrons. The SMILES string of the molecule is Cc1ccc(Br)cc1NC(=O)C(=O)O. The van der Waals surface area contributed by atoms with Crippen LogP contribution in [0.3, 0.4) is 0 Å². The van der Waals surface area contributed by atoms with E-state index < -0.39 is 11.9 Å². The quantitative estimate of drug-likeness (QED) is 0.754. The Balaban J connectivity index is 2.91. The molecule has 0 bridgehead atoms. The zero-order valence-electron chi connectivity index (χ0n) is 7.37. The van der Waals surface area contributed by atoms with Crippen LogP contribution in [-0.4, -0.2) is 17.0 Å². The molecule has 0 aliphatic heterocycles. The van der Waals surface area contributed by atoms with E-state index in [0.29, 0.717) is 5.69 Å². The van der Waals surface area contributed by atoms with Crippen molar-refractivity contribution in [2.45, 2.75) is 6.92 Å². The van der Waals surface area contributed by atoms with Gasteiger partial charge < -0.3 is 10.4 Å². The summed E-state index contributed by atoms with van der Waals surface area (Å²) in [6, 6.07) is 5.24. The number of anilines is 1. The number of hydrogen-bond donors (Lipinski definition) is 2. The maximum atomic E-state index is 10.8. The summed E-state index contributed by atoms with van der Waals surface area (Å²) >= 11 is 3.22. The minimum Gasteiger partial charge on any atom is -0.474 e. The lowest BCUT2D eigenvalue weighted by Crippen LogP contribution is -2.22. The molecule has 14 heavy (non-hydrogen) atoms. The van der Waals surface area contributed by atoms with Gasteiger partial charge in [-0.2, -0.15) is 0 Å². The Morgan fingerprint density at radius 2 is 2.07 bits per heavy atom. The molecule has 0 saturated carbocycles. The summed E-state index contributed by atoms with van der Waals surface area (Å²) in [6.45, 7) is 1.78. The summed E-state index contributed by atoms with van der Waals surface area (Å²) in [7, 11) is 0. The average molecular weight is 258 g/mol. The van der Waals surface area contributed by atoms with Gasteiger partial charge in [-0.1, -0.05) is 22.0 Å². The fraction of sp³-hybridized carbons (Fsp3) is 0.111. The molecular weight excluding hydrogens is 250 g/mol. The van der Waals surface area contributed by atoms with Gasteiger partial charge in [-0.25, -0.2) is 4.79 Å². The predicted octanol–water partition coefficient (Wildman–Crippen LogP) is 1.78. The van der Waals surface area contributed by atoms with Crippen LogP contribution in [0.2, 0.25) is 0 Å². The third kappa shape index (κ3) is 2.56. The molecule has 0 unspecified atom stereocenters. The molecule has 0 spiro atoms. The number of nitrogens with one attached hydrogen (secondary N) is 1. The van der Waals surface area contributed by atoms with Crippen LogP contribution >= 0.6 is 15.9 Å². The van der Waals surface area contributed by atoms with Gasteiger partial charge >= 0.3 is 11.9 Å². The molecule has 1 aromatic rings. The zero-order chi connectivity index (χ0) is 10.7. The summed E-state index contributed by atoms with van der Waals surface area (Å²) in [6.07, 6.45) is 0. The van der Waals surface area contributed by atoms with Gasteiger partial charge in [-0.15, -0.1) is 0 Å². The maximum absolute atomic E-state index is 10.8. The van der Waals surface area contributed by atoms with Gasteiger partial charge in [0.2, 0.25) is 0 Å². The molecule has 1 rings (SSSR count). The van der Waals surface area contributed by atoms with E-state index in [0.717, 1.165) is 10.0 Å². The molecule has 0 heterocycles. The molecule has 74 valence electrons. The molecule has 0 aliphatic rings. The fourth-order valence-corrected chi connectivity index (χ4v) is 1.27. The van der Waals surface area contributed by atoms with Crippen molar-refractivity contribution in [1.82, 2.24) is 0 Å². The Morgan fingerprint density at radius 3 is 2.64 bits per heavy atom. The van der Waals surface area contributed by atoms with Gasteiger partial charge in [0.05, 0.1) is 0 Å². The van der Waals surface area contributed by atoms with Crippen LogP contribution in [0.25, 0.3) is 0 Å². The molecule has 0 saturated heterocycles. The minimum absolute atomic E-state index is 0.492. The topological polar surface area (TPSA) is 66.4 Å². The Kier molecular flexibility index (Phi) is 3.24. The summed E-state index contributed by atoms with van der Waals surface area (Å²) in [5.74, 6) is -2.53. The van der Waals surface area contributed by atoms with E-state index in [4.69, 9.17) is 5.11 Å². The first-order valence-corrected chi connectivity index (χ1v) is 4.60. The first kappa shape index (κ1) is 10.7. The van der Waals surface area contributed by atoms with Gasteiger partial charge in [-0.05, 0) is 24.6 Å². The molecule has 1 amide bonds. The Hall–Kier alpha value is -1.36. The first-order chi connectivity index (χ1) is 6.50. The summed E-state index contributed by atoms with van der Waals surface area (Å²) < 4.78 is 0.781. The monoisotopic (exact) mass is 257 g/mol. The summed E-state index contributed by atoms with van der Waals surface area (Å²) in [5, 5.41) is 10.7. The number of rotatable bonds is 1. The highest BCUT2D eigenvalue weighted by atomic mass is 79.9. The lowest BCUT2D eigenvalue weighted by Gasteiger charge is -2.05. The summed E-state index contributed by atoms with van der Waals surface area (Å²) in [5.41, 5.74) is 1.30. The fourth-order valence-electron chi connectivity index (χ4n) is 0.905. The third-order valence-corrected chi connectivity index (χ3v) is 2.14. The molecule has 4 nitrogen and oxygen atoms in total. The molecule has 0 aliphatic carbocycles. The number of benzene rings is 1. The van der Waals surface area contributed by atoms with Crippen molar-refractivity contribution in [3.8, 4) is 0 Å². The molecule has 2 N–H and O–H groups in total. The second kappa shape index (κ2) is 4.23. The summed E-state index contributed by atoms with van der Waals surface area (Å²) in [4.78, 5) is 21.1. The number of aryl methyl sites for hydroxylation is 1. The number of hydrogen-bond acceptors (Lipinski definition) is 2. The first-order valence-electron chi connectivity index (χ1n) is 3.81. The van der Waals surface area contributed by atoms with E-state index in [9.17, 15) is 9.59 Å². The van der Waals surface area contributed by atoms with Crippen LogP contribution in [-0.2, 0) is 9.59 Å². The molecular formula is C9H8BrNO3. The number of carbonyl (C=O) groups is 2. The number of halogens is 1. The van der Waals surface area contributed by atoms with Crippen LogP contribution in [0.5, 0.6) is 0 Å². The van der Waals surface area contributed by atoms with Crippen molar-refractivity contribution in [3.05, 3.63) is 28.2 Å². The zero-order valence-corrected chi connectivity index (χ0v) is 8.96. The van der Waals surface area contributed by atoms with Crippen LogP contribution in [0.15, 0.2) is 22.7 Å². The van der Waals surface area contributed by atoms with E-state index in [-0.39, 0.29) is 0 Å². The van der Waals surface area contributed by atoms with Crippen molar-refractivity contribution in [1.29, 1.82) is 0 Å². The number of carboxylic acids is 1. The highest BCUT2D eigenvalue weighted by Gasteiger charge is 2.12. The number of amides is 1. The van der Waals surface area contributed by atoms with Crippen LogP contribution in [0.4, 0.5) is 5.69 Å². The lowest BCUT2D eigenvalue weighted by molar-refractivity contribution is -0.147. The smallest absolute Gasteiger partial charge is 0.394 e. The predicted molar refractivity (Wildman–Crippen MR) is 55.1 cm³/mol. The Labute approximate surface area is 89.1 Å². The number of carbonyl (C=O) groups excluding carboxylic acids is 1. The normalized spacial score (nSPS) is 9.57. The van der Waals surface area contributed by atoms with E-state index in [1.165, 1.54) is 0 Å². The van der Waals surface area contributed by atoms with Crippen molar-refractivity contribution in [2.75, 3.05) is 5.32 Å². The van der Waals surface area contributed by atoms with Crippen molar-refractivity contribution < 1.29 is 14.7 Å². The molecule has 0 aromatic heterocycles. The average Bonchev–Trinajstić information content (AvgIpc) is 2.11. The Bertz CT molecular complexity index is 390. The highest BCUT2D eigenvalue weighted by Crippen LogP contribution is 2.20. The highest BCUT2D eigenvalue weighted by molar-refractivity contribution is 9.10. The van der Waals surface area contributed by atoms with Crippen molar-refractivity contribution in [3.63, 3.8) is 0 Å². The molecule has 0 fully saturated rings. The van der Waals surface area contributed by atoms with E-state index in [1.807, 2.05) is 6.07 Å². The Morgan fingerprint density at radius 1 is 1.43 bits per heavy atom. The third-order valence-electron chi connectivity index (χ3n) is 1.64.